The van der Waals surface area contributed by atoms with Gasteiger partial charge < -0.3 is 4.57 Å². The van der Waals surface area contributed by atoms with Crippen molar-refractivity contribution in [2.24, 2.45) is 0 Å². The van der Waals surface area contributed by atoms with Crippen molar-refractivity contribution in [1.29, 1.82) is 0 Å². The number of benzene rings is 5. The van der Waals surface area contributed by atoms with Gasteiger partial charge in [-0.15, -0.1) is 0 Å². The van der Waals surface area contributed by atoms with Crippen molar-refractivity contribution in [1.82, 2.24) is 4.57 Å². The van der Waals surface area contributed by atoms with E-state index in [0.717, 1.165) is 0 Å². The Balaban J connectivity index is 1.77. The maximum atomic E-state index is 2.42. The van der Waals surface area contributed by atoms with Gasteiger partial charge in [-0.3, -0.25) is 0 Å². The molecule has 5 aromatic carbocycles. The van der Waals surface area contributed by atoms with Crippen LogP contribution in [0.5, 0.6) is 0 Å². The third kappa shape index (κ3) is 2.41. The fourth-order valence-corrected chi connectivity index (χ4v) is 4.65. The second kappa shape index (κ2) is 5.96. The van der Waals surface area contributed by atoms with Gasteiger partial charge >= 0.3 is 0 Å². The summed E-state index contributed by atoms with van der Waals surface area (Å²) >= 11 is 0. The Morgan fingerprint density at radius 1 is 0.483 bits per heavy atom. The molecule has 0 amide bonds. The lowest BCUT2D eigenvalue weighted by Crippen LogP contribution is -1.94. The molecule has 0 fully saturated rings. The van der Waals surface area contributed by atoms with Crippen molar-refractivity contribution in [3.63, 3.8) is 0 Å². The molecule has 138 valence electrons. The Hall–Kier alpha value is -3.58. The van der Waals surface area contributed by atoms with Crippen molar-refractivity contribution in [2.75, 3.05) is 0 Å². The van der Waals surface area contributed by atoms with Gasteiger partial charge in [-0.2, -0.15) is 0 Å². The molecule has 0 atom stereocenters. The smallest absolute Gasteiger partial charge is 0.0543 e. The van der Waals surface area contributed by atoms with E-state index < -0.39 is 0 Å². The molecule has 29 heavy (non-hydrogen) atoms. The number of aromatic nitrogens is 1. The van der Waals surface area contributed by atoms with Gasteiger partial charge in [0.25, 0.3) is 0 Å². The lowest BCUT2D eigenvalue weighted by atomic mass is 10.0. The van der Waals surface area contributed by atoms with Crippen LogP contribution in [-0.2, 0) is 0 Å². The molecule has 6 rings (SSSR count). The van der Waals surface area contributed by atoms with Crippen LogP contribution >= 0.6 is 0 Å². The number of hydrogen-bond donors (Lipinski definition) is 0. The highest BCUT2D eigenvalue weighted by molar-refractivity contribution is 6.11. The van der Waals surface area contributed by atoms with Crippen molar-refractivity contribution in [3.05, 3.63) is 102 Å². The van der Waals surface area contributed by atoms with E-state index in [2.05, 4.69) is 109 Å². The Bertz CT molecular complexity index is 1510. The Kier molecular flexibility index (Phi) is 3.36. The van der Waals surface area contributed by atoms with Crippen LogP contribution in [0.25, 0.3) is 49.0 Å². The van der Waals surface area contributed by atoms with Crippen LogP contribution in [0, 0.1) is 13.8 Å². The number of aryl methyl sites for hydroxylation is 2. The summed E-state index contributed by atoms with van der Waals surface area (Å²) in [6, 6.07) is 33.5. The molecule has 0 bridgehead atoms. The predicted octanol–water partition coefficient (Wildman–Crippen LogP) is 7.71. The highest BCUT2D eigenvalue weighted by atomic mass is 15.0. The summed E-state index contributed by atoms with van der Waals surface area (Å²) in [4.78, 5) is 0. The van der Waals surface area contributed by atoms with Gasteiger partial charge in [0.2, 0.25) is 0 Å². The van der Waals surface area contributed by atoms with Crippen LogP contribution in [0.3, 0.4) is 0 Å². The molecule has 0 aliphatic rings. The van der Waals surface area contributed by atoms with Crippen LogP contribution in [0.1, 0.15) is 11.1 Å². The zero-order valence-electron chi connectivity index (χ0n) is 16.6. The Morgan fingerprint density at radius 3 is 1.76 bits per heavy atom. The second-order valence-corrected chi connectivity index (χ2v) is 8.07. The van der Waals surface area contributed by atoms with Crippen LogP contribution in [0.2, 0.25) is 0 Å². The summed E-state index contributed by atoms with van der Waals surface area (Å²) in [6.45, 7) is 4.33. The van der Waals surface area contributed by atoms with Crippen molar-refractivity contribution >= 4 is 43.4 Å². The molecule has 0 aliphatic carbocycles. The van der Waals surface area contributed by atoms with E-state index in [9.17, 15) is 0 Å². The zero-order chi connectivity index (χ0) is 19.5. The zero-order valence-corrected chi connectivity index (χ0v) is 16.6. The first-order valence-electron chi connectivity index (χ1n) is 10.1. The molecule has 0 spiro atoms. The average Bonchev–Trinajstić information content (AvgIpc) is 3.05. The highest BCUT2D eigenvalue weighted by Crippen LogP contribution is 2.35. The summed E-state index contributed by atoms with van der Waals surface area (Å²) in [7, 11) is 0. The minimum atomic E-state index is 1.21. The number of rotatable bonds is 1. The Labute approximate surface area is 169 Å². The average molecular weight is 371 g/mol. The summed E-state index contributed by atoms with van der Waals surface area (Å²) in [5.74, 6) is 0. The molecule has 0 N–H and O–H groups in total. The molecule has 1 heteroatoms. The van der Waals surface area contributed by atoms with Crippen molar-refractivity contribution in [2.45, 2.75) is 13.8 Å². The molecule has 1 nitrogen and oxygen atoms in total. The first-order valence-corrected chi connectivity index (χ1v) is 10.1. The van der Waals surface area contributed by atoms with Gasteiger partial charge in [0.15, 0.2) is 0 Å². The van der Waals surface area contributed by atoms with E-state index in [1.54, 1.807) is 0 Å². The molecule has 0 radical (unpaired) electrons. The monoisotopic (exact) mass is 371 g/mol. The van der Waals surface area contributed by atoms with Gasteiger partial charge in [-0.1, -0.05) is 66.7 Å². The molecular formula is C28H21N. The van der Waals surface area contributed by atoms with Crippen LogP contribution in [0.4, 0.5) is 0 Å². The van der Waals surface area contributed by atoms with Crippen LogP contribution in [-0.4, -0.2) is 4.57 Å². The molecular weight excluding hydrogens is 350 g/mol. The number of hydrogen-bond acceptors (Lipinski definition) is 0. The second-order valence-electron chi connectivity index (χ2n) is 8.07. The first-order chi connectivity index (χ1) is 14.2. The number of fused-ring (bicyclic) bond motifs is 6. The standard InChI is InChI=1S/C28H21N/c1-18-7-13-24-25-14-8-19(2)16-28(25)29(27(24)15-18)22-12-11-21-10-9-20-5-3-4-6-23(20)26(21)17-22/h3-17H,1-2H3. The van der Waals surface area contributed by atoms with Gasteiger partial charge in [0.05, 0.1) is 11.0 Å². The predicted molar refractivity (Wildman–Crippen MR) is 125 cm³/mol. The molecule has 0 saturated heterocycles. The van der Waals surface area contributed by atoms with E-state index in [-0.39, 0.29) is 0 Å². The van der Waals surface area contributed by atoms with E-state index in [4.69, 9.17) is 0 Å². The minimum Gasteiger partial charge on any atom is -0.309 e. The summed E-state index contributed by atoms with van der Waals surface area (Å²) in [5.41, 5.74) is 6.31. The number of nitrogens with zero attached hydrogens (tertiary/aromatic N) is 1. The molecule has 0 unspecified atom stereocenters. The quantitative estimate of drug-likeness (QED) is 0.261. The molecule has 0 saturated carbocycles. The van der Waals surface area contributed by atoms with Gasteiger partial charge in [0, 0.05) is 16.5 Å². The van der Waals surface area contributed by atoms with Crippen LogP contribution < -0.4 is 0 Å². The summed E-state index contributed by atoms with van der Waals surface area (Å²) in [5, 5.41) is 7.79. The topological polar surface area (TPSA) is 4.93 Å². The van der Waals surface area contributed by atoms with Gasteiger partial charge in [-0.25, -0.2) is 0 Å². The molecule has 6 aromatic rings. The SMILES string of the molecule is Cc1ccc2c3ccc(C)cc3n(-c3ccc4ccc5ccccc5c4c3)c2c1. The van der Waals surface area contributed by atoms with Crippen LogP contribution in [0.15, 0.2) is 91.0 Å². The lowest BCUT2D eigenvalue weighted by molar-refractivity contribution is 1.18. The molecule has 0 aliphatic heterocycles. The van der Waals surface area contributed by atoms with Gasteiger partial charge in [0.1, 0.15) is 0 Å². The van der Waals surface area contributed by atoms with Crippen molar-refractivity contribution < 1.29 is 0 Å². The van der Waals surface area contributed by atoms with Crippen molar-refractivity contribution in [3.8, 4) is 5.69 Å². The fraction of sp³-hybridized carbons (Fsp3) is 0.0714. The largest absolute Gasteiger partial charge is 0.309 e. The summed E-state index contributed by atoms with van der Waals surface area (Å²) < 4.78 is 2.42. The normalized spacial score (nSPS) is 11.8. The third-order valence-corrected chi connectivity index (χ3v) is 6.07. The first kappa shape index (κ1) is 16.4. The highest BCUT2D eigenvalue weighted by Gasteiger charge is 2.13. The third-order valence-electron chi connectivity index (χ3n) is 6.07. The minimum absolute atomic E-state index is 1.21. The molecule has 1 heterocycles. The fourth-order valence-electron chi connectivity index (χ4n) is 4.65. The van der Waals surface area contributed by atoms with E-state index in [1.165, 1.54) is 60.2 Å². The van der Waals surface area contributed by atoms with E-state index >= 15 is 0 Å². The van der Waals surface area contributed by atoms with E-state index in [1.807, 2.05) is 0 Å². The summed E-state index contributed by atoms with van der Waals surface area (Å²) in [6.07, 6.45) is 0. The van der Waals surface area contributed by atoms with Gasteiger partial charge in [-0.05, 0) is 70.8 Å². The Morgan fingerprint density at radius 2 is 1.07 bits per heavy atom. The molecule has 1 aromatic heterocycles. The lowest BCUT2D eigenvalue weighted by Gasteiger charge is -2.11. The maximum Gasteiger partial charge on any atom is 0.0543 e. The maximum absolute atomic E-state index is 2.42. The van der Waals surface area contributed by atoms with E-state index in [0.29, 0.717) is 0 Å².